The topological polar surface area (TPSA) is 41.1 Å². The van der Waals surface area contributed by atoms with Crippen LogP contribution in [-0.2, 0) is 17.8 Å². The van der Waals surface area contributed by atoms with Gasteiger partial charge in [-0.1, -0.05) is 38.1 Å². The number of rotatable bonds is 4. The van der Waals surface area contributed by atoms with E-state index in [1.807, 2.05) is 12.1 Å². The molecule has 0 spiro atoms. The van der Waals surface area contributed by atoms with E-state index in [1.165, 1.54) is 11.1 Å². The van der Waals surface area contributed by atoms with Crippen molar-refractivity contribution < 1.29 is 4.79 Å². The van der Waals surface area contributed by atoms with Crippen molar-refractivity contribution in [3.05, 3.63) is 35.4 Å². The summed E-state index contributed by atoms with van der Waals surface area (Å²) in [5, 5.41) is 6.43. The number of carbonyl (C=O) groups is 1. The largest absolute Gasteiger partial charge is 0.352 e. The molecule has 98 valence electrons. The number of hydrogen-bond acceptors (Lipinski definition) is 2. The molecule has 1 aliphatic rings. The van der Waals surface area contributed by atoms with Gasteiger partial charge in [0.05, 0.1) is 6.04 Å². The van der Waals surface area contributed by atoms with E-state index >= 15 is 0 Å². The highest BCUT2D eigenvalue weighted by molar-refractivity contribution is 5.82. The van der Waals surface area contributed by atoms with E-state index in [-0.39, 0.29) is 11.9 Å². The lowest BCUT2D eigenvalue weighted by Gasteiger charge is -2.27. The molecule has 0 radical (unpaired) electrons. The zero-order valence-electron chi connectivity index (χ0n) is 11.2. The van der Waals surface area contributed by atoms with E-state index in [0.29, 0.717) is 6.04 Å². The van der Waals surface area contributed by atoms with Crippen LogP contribution in [0.5, 0.6) is 0 Å². The first kappa shape index (κ1) is 13.1. The first-order valence-electron chi connectivity index (χ1n) is 6.85. The van der Waals surface area contributed by atoms with Crippen molar-refractivity contribution >= 4 is 5.91 Å². The molecule has 0 unspecified atom stereocenters. The van der Waals surface area contributed by atoms with Gasteiger partial charge in [0.25, 0.3) is 0 Å². The maximum Gasteiger partial charge on any atom is 0.237 e. The number of carbonyl (C=O) groups excluding carboxylic acids is 1. The van der Waals surface area contributed by atoms with Crippen LogP contribution < -0.4 is 10.6 Å². The number of benzene rings is 1. The van der Waals surface area contributed by atoms with Crippen molar-refractivity contribution in [2.75, 3.05) is 0 Å². The fourth-order valence-electron chi connectivity index (χ4n) is 2.43. The summed E-state index contributed by atoms with van der Waals surface area (Å²) in [6.07, 6.45) is 2.78. The van der Waals surface area contributed by atoms with Crippen molar-refractivity contribution in [2.24, 2.45) is 0 Å². The Morgan fingerprint density at radius 3 is 2.67 bits per heavy atom. The molecule has 0 aromatic heterocycles. The zero-order chi connectivity index (χ0) is 13.0. The van der Waals surface area contributed by atoms with Gasteiger partial charge < -0.3 is 10.6 Å². The fraction of sp³-hybridized carbons (Fsp3) is 0.533. The molecule has 1 aromatic rings. The molecule has 1 aliphatic heterocycles. The summed E-state index contributed by atoms with van der Waals surface area (Å²) in [5.74, 6) is 0.137. The van der Waals surface area contributed by atoms with Gasteiger partial charge in [-0.05, 0) is 30.4 Å². The highest BCUT2D eigenvalue weighted by atomic mass is 16.2. The van der Waals surface area contributed by atoms with Gasteiger partial charge in [-0.15, -0.1) is 0 Å². The van der Waals surface area contributed by atoms with Crippen LogP contribution in [0.1, 0.15) is 37.8 Å². The molecule has 1 heterocycles. The Morgan fingerprint density at radius 1 is 1.33 bits per heavy atom. The highest BCUT2D eigenvalue weighted by Crippen LogP contribution is 2.16. The van der Waals surface area contributed by atoms with Crippen molar-refractivity contribution in [1.82, 2.24) is 10.6 Å². The van der Waals surface area contributed by atoms with E-state index in [1.54, 1.807) is 0 Å². The second-order valence-corrected chi connectivity index (χ2v) is 4.93. The third kappa shape index (κ3) is 2.91. The average molecular weight is 246 g/mol. The molecular formula is C15H22N2O. The first-order chi connectivity index (χ1) is 8.74. The standard InChI is InChI=1S/C15H22N2O/c1-3-13(4-2)17-15(18)14-9-11-7-5-6-8-12(11)10-16-14/h5-8,13-14,16H,3-4,9-10H2,1-2H3,(H,17,18)/t14-/m1/s1. The van der Waals surface area contributed by atoms with Crippen molar-refractivity contribution in [3.8, 4) is 0 Å². The molecule has 1 aromatic carbocycles. The van der Waals surface area contributed by atoms with Gasteiger partial charge in [-0.2, -0.15) is 0 Å². The van der Waals surface area contributed by atoms with Crippen LogP contribution in [0.4, 0.5) is 0 Å². The lowest BCUT2D eigenvalue weighted by atomic mass is 9.95. The molecule has 2 N–H and O–H groups in total. The van der Waals surface area contributed by atoms with E-state index in [4.69, 9.17) is 0 Å². The summed E-state index contributed by atoms with van der Waals surface area (Å²) in [4.78, 5) is 12.2. The van der Waals surface area contributed by atoms with E-state index in [9.17, 15) is 4.79 Å². The number of nitrogens with one attached hydrogen (secondary N) is 2. The summed E-state index contributed by atoms with van der Waals surface area (Å²) < 4.78 is 0. The molecule has 3 nitrogen and oxygen atoms in total. The predicted octanol–water partition coefficient (Wildman–Crippen LogP) is 2.01. The normalized spacial score (nSPS) is 18.5. The second kappa shape index (κ2) is 6.01. The lowest BCUT2D eigenvalue weighted by molar-refractivity contribution is -0.124. The minimum atomic E-state index is -0.0829. The van der Waals surface area contributed by atoms with Crippen LogP contribution in [0.15, 0.2) is 24.3 Å². The second-order valence-electron chi connectivity index (χ2n) is 4.93. The van der Waals surface area contributed by atoms with Crippen molar-refractivity contribution in [2.45, 2.75) is 51.7 Å². The Hall–Kier alpha value is -1.35. The van der Waals surface area contributed by atoms with Gasteiger partial charge in [-0.25, -0.2) is 0 Å². The molecule has 0 saturated carbocycles. The lowest BCUT2D eigenvalue weighted by Crippen LogP contribution is -2.50. The van der Waals surface area contributed by atoms with Gasteiger partial charge in [0.15, 0.2) is 0 Å². The fourth-order valence-corrected chi connectivity index (χ4v) is 2.43. The Morgan fingerprint density at radius 2 is 2.00 bits per heavy atom. The first-order valence-corrected chi connectivity index (χ1v) is 6.85. The molecule has 18 heavy (non-hydrogen) atoms. The average Bonchev–Trinajstić information content (AvgIpc) is 2.44. The molecule has 0 saturated heterocycles. The molecule has 0 fully saturated rings. The molecule has 1 atom stereocenters. The van der Waals surface area contributed by atoms with Crippen molar-refractivity contribution in [3.63, 3.8) is 0 Å². The Kier molecular flexibility index (Phi) is 4.37. The molecule has 0 aliphatic carbocycles. The van der Waals surface area contributed by atoms with Crippen LogP contribution in [0, 0.1) is 0 Å². The van der Waals surface area contributed by atoms with Gasteiger partial charge in [0.2, 0.25) is 5.91 Å². The smallest absolute Gasteiger partial charge is 0.237 e. The summed E-state index contributed by atoms with van der Waals surface area (Å²) in [5.41, 5.74) is 2.60. The monoisotopic (exact) mass is 246 g/mol. The molecule has 2 rings (SSSR count). The van der Waals surface area contributed by atoms with Crippen LogP contribution in [0.3, 0.4) is 0 Å². The van der Waals surface area contributed by atoms with E-state index in [0.717, 1.165) is 25.8 Å². The quantitative estimate of drug-likeness (QED) is 0.853. The van der Waals surface area contributed by atoms with Gasteiger partial charge >= 0.3 is 0 Å². The molecule has 0 bridgehead atoms. The summed E-state index contributed by atoms with van der Waals surface area (Å²) in [7, 11) is 0. The third-order valence-corrected chi connectivity index (χ3v) is 3.73. The SMILES string of the molecule is CCC(CC)NC(=O)[C@H]1Cc2ccccc2CN1. The van der Waals surface area contributed by atoms with Crippen molar-refractivity contribution in [1.29, 1.82) is 0 Å². The Labute approximate surface area is 109 Å². The van der Waals surface area contributed by atoms with Gasteiger partial charge in [0.1, 0.15) is 0 Å². The Bertz CT molecular complexity index is 413. The number of amides is 1. The number of hydrogen-bond donors (Lipinski definition) is 2. The van der Waals surface area contributed by atoms with Crippen LogP contribution in [-0.4, -0.2) is 18.0 Å². The summed E-state index contributed by atoms with van der Waals surface area (Å²) in [6.45, 7) is 5.01. The van der Waals surface area contributed by atoms with Crippen LogP contribution in [0.2, 0.25) is 0 Å². The van der Waals surface area contributed by atoms with E-state index in [2.05, 4.69) is 36.6 Å². The third-order valence-electron chi connectivity index (χ3n) is 3.73. The number of fused-ring (bicyclic) bond motifs is 1. The van der Waals surface area contributed by atoms with Crippen LogP contribution >= 0.6 is 0 Å². The summed E-state index contributed by atoms with van der Waals surface area (Å²) in [6, 6.07) is 8.55. The maximum absolute atomic E-state index is 12.2. The summed E-state index contributed by atoms with van der Waals surface area (Å²) >= 11 is 0. The van der Waals surface area contributed by atoms with Gasteiger partial charge in [0, 0.05) is 12.6 Å². The highest BCUT2D eigenvalue weighted by Gasteiger charge is 2.24. The molecular weight excluding hydrogens is 224 g/mol. The van der Waals surface area contributed by atoms with Crippen LogP contribution in [0.25, 0.3) is 0 Å². The predicted molar refractivity (Wildman–Crippen MR) is 73.3 cm³/mol. The molecule has 1 amide bonds. The van der Waals surface area contributed by atoms with E-state index < -0.39 is 0 Å². The maximum atomic E-state index is 12.2. The molecule has 3 heteroatoms. The Balaban J connectivity index is 1.98. The van der Waals surface area contributed by atoms with Gasteiger partial charge in [-0.3, -0.25) is 4.79 Å². The minimum absolute atomic E-state index is 0.0829. The minimum Gasteiger partial charge on any atom is -0.352 e. The zero-order valence-corrected chi connectivity index (χ0v) is 11.2.